The molecule has 1 rings (SSSR count). The molecule has 0 aliphatic rings. The summed E-state index contributed by atoms with van der Waals surface area (Å²) >= 11 is 0. The molecule has 1 aromatic carbocycles. The molecule has 7 heteroatoms. The maximum atomic E-state index is 15.0. The van der Waals surface area contributed by atoms with Gasteiger partial charge in [-0.25, -0.2) is 0 Å². The van der Waals surface area contributed by atoms with Crippen LogP contribution in [0.4, 0.5) is 22.0 Å². The summed E-state index contributed by atoms with van der Waals surface area (Å²) in [5.41, 5.74) is 0. The van der Waals surface area contributed by atoms with Gasteiger partial charge < -0.3 is 0 Å². The van der Waals surface area contributed by atoms with Crippen LogP contribution in [0.15, 0.2) is 0 Å². The third kappa shape index (κ3) is 10.3. The minimum atomic E-state index is -3.36. The second-order valence-electron chi connectivity index (χ2n) is 11.0. The van der Waals surface area contributed by atoms with Gasteiger partial charge in [0.05, 0.1) is 0 Å². The van der Waals surface area contributed by atoms with Crippen LogP contribution in [0.1, 0.15) is 130 Å². The molecule has 1 nitrogen and oxygen atoms in total. The zero-order valence-corrected chi connectivity index (χ0v) is 24.8. The summed E-state index contributed by atoms with van der Waals surface area (Å²) in [5, 5.41) is 0. The van der Waals surface area contributed by atoms with E-state index in [1.165, 1.54) is 0 Å². The Kier molecular flexibility index (Phi) is 16.3. The van der Waals surface area contributed by atoms with Gasteiger partial charge in [-0.05, 0) is 0 Å². The average Bonchev–Trinajstić information content (AvgIpc) is 2.90. The molecule has 0 spiro atoms. The minimum absolute atomic E-state index is 0.690. The van der Waals surface area contributed by atoms with E-state index in [-0.39, 0.29) is 0 Å². The molecule has 218 valence electrons. The van der Waals surface area contributed by atoms with Crippen LogP contribution in [0, 0.1) is 29.1 Å². The molecule has 0 fully saturated rings. The molecule has 37 heavy (non-hydrogen) atoms. The molecule has 0 heterocycles. The number of benzene rings is 1. The van der Waals surface area contributed by atoms with Crippen LogP contribution in [-0.4, -0.2) is 24.6 Å². The fraction of sp³-hybridized carbons (Fsp3) is 0.800. The maximum absolute atomic E-state index is 15.0. The number of halogens is 5. The normalized spacial score (nSPS) is 13.1. The Hall–Kier alpha value is -0.900. The van der Waals surface area contributed by atoms with Gasteiger partial charge in [-0.1, -0.05) is 0 Å². The van der Waals surface area contributed by atoms with Crippen LogP contribution in [0.5, 0.6) is 5.75 Å². The first kappa shape index (κ1) is 34.1. The van der Waals surface area contributed by atoms with Crippen molar-refractivity contribution in [2.24, 2.45) is 0 Å². The summed E-state index contributed by atoms with van der Waals surface area (Å²) in [6.07, 6.45) is 18.5. The van der Waals surface area contributed by atoms with Crippen LogP contribution >= 0.6 is 6.83 Å². The molecule has 0 saturated carbocycles. The van der Waals surface area contributed by atoms with Crippen molar-refractivity contribution < 1.29 is 26.5 Å². The van der Waals surface area contributed by atoms with Crippen molar-refractivity contribution in [1.29, 1.82) is 0 Å². The van der Waals surface area contributed by atoms with Crippen LogP contribution < -0.4 is 4.52 Å². The Balaban J connectivity index is 3.65. The van der Waals surface area contributed by atoms with Crippen LogP contribution in [0.3, 0.4) is 0 Å². The van der Waals surface area contributed by atoms with Gasteiger partial charge in [-0.15, -0.1) is 0 Å². The van der Waals surface area contributed by atoms with E-state index in [1.54, 1.807) is 0 Å². The van der Waals surface area contributed by atoms with E-state index >= 15 is 8.78 Å². The van der Waals surface area contributed by atoms with E-state index in [0.717, 1.165) is 103 Å². The summed E-state index contributed by atoms with van der Waals surface area (Å²) in [6.45, 7) is 5.16. The van der Waals surface area contributed by atoms with Gasteiger partial charge in [-0.3, -0.25) is 0 Å². The van der Waals surface area contributed by atoms with Crippen molar-refractivity contribution in [2.45, 2.75) is 130 Å². The van der Waals surface area contributed by atoms with Crippen molar-refractivity contribution in [3.05, 3.63) is 29.1 Å². The Morgan fingerprint density at radius 2 is 0.676 bits per heavy atom. The van der Waals surface area contributed by atoms with Gasteiger partial charge in [0.2, 0.25) is 0 Å². The van der Waals surface area contributed by atoms with Gasteiger partial charge >= 0.3 is 223 Å². The van der Waals surface area contributed by atoms with Gasteiger partial charge in [-0.2, -0.15) is 0 Å². The summed E-state index contributed by atoms with van der Waals surface area (Å²) in [5.74, 6) is -10.6. The molecule has 0 saturated heterocycles. The number of unbranched alkanes of at least 4 members (excludes halogenated alkanes) is 12. The summed E-state index contributed by atoms with van der Waals surface area (Å²) in [6, 6.07) is 0. The molecule has 0 aliphatic heterocycles. The van der Waals surface area contributed by atoms with E-state index in [0.29, 0.717) is 24.6 Å². The zero-order valence-electron chi connectivity index (χ0n) is 23.9. The molecule has 0 bridgehead atoms. The summed E-state index contributed by atoms with van der Waals surface area (Å²) in [7, 11) is 0. The Morgan fingerprint density at radius 1 is 0.405 bits per heavy atom. The third-order valence-electron chi connectivity index (χ3n) is 7.83. The summed E-state index contributed by atoms with van der Waals surface area (Å²) in [4.78, 5) is 0. The van der Waals surface area contributed by atoms with Crippen molar-refractivity contribution in [2.75, 3.05) is 24.6 Å². The zero-order chi connectivity index (χ0) is 27.8. The van der Waals surface area contributed by atoms with Gasteiger partial charge in [0.15, 0.2) is 0 Å². The first-order valence-electron chi connectivity index (χ1n) is 14.9. The molecular weight excluding hydrogens is 502 g/mol. The third-order valence-corrected chi connectivity index (χ3v) is 14.3. The number of hydrogen-bond acceptors (Lipinski definition) is 1. The second kappa shape index (κ2) is 17.6. The Bertz CT molecular complexity index is 697. The molecule has 0 atom stereocenters. The quantitative estimate of drug-likeness (QED) is 0.0455. The molecule has 0 unspecified atom stereocenters. The predicted molar refractivity (Wildman–Crippen MR) is 150 cm³/mol. The second-order valence-corrected chi connectivity index (χ2v) is 16.7. The van der Waals surface area contributed by atoms with Crippen LogP contribution in [0.2, 0.25) is 0 Å². The van der Waals surface area contributed by atoms with Crippen molar-refractivity contribution in [3.8, 4) is 5.75 Å². The first-order valence-corrected chi connectivity index (χ1v) is 17.8. The molecule has 0 radical (unpaired) electrons. The van der Waals surface area contributed by atoms with E-state index in [9.17, 15) is 13.2 Å². The van der Waals surface area contributed by atoms with E-state index in [2.05, 4.69) is 27.7 Å². The van der Waals surface area contributed by atoms with E-state index < -0.39 is 41.7 Å². The van der Waals surface area contributed by atoms with Gasteiger partial charge in [0.1, 0.15) is 0 Å². The Labute approximate surface area is 223 Å². The van der Waals surface area contributed by atoms with Gasteiger partial charge in [0, 0.05) is 0 Å². The van der Waals surface area contributed by atoms with Crippen molar-refractivity contribution in [3.63, 3.8) is 0 Å². The van der Waals surface area contributed by atoms with Crippen LogP contribution in [-0.2, 0) is 0 Å². The first-order chi connectivity index (χ1) is 17.7. The Morgan fingerprint density at radius 3 is 0.946 bits per heavy atom. The molecular formula is C30H52F5OP. The predicted octanol–water partition coefficient (Wildman–Crippen LogP) is 11.6. The SMILES string of the molecule is CCCCCCP(CCCCCC)(CCCCCC)(CCCCCC)Oc1c(F)c(F)c(F)c(F)c1F. The molecule has 0 N–H and O–H groups in total. The monoisotopic (exact) mass is 554 g/mol. The number of rotatable bonds is 22. The van der Waals surface area contributed by atoms with E-state index in [1.807, 2.05) is 0 Å². The fourth-order valence-corrected chi connectivity index (χ4v) is 12.0. The fourth-order valence-electron chi connectivity index (χ4n) is 5.53. The van der Waals surface area contributed by atoms with E-state index in [4.69, 9.17) is 4.52 Å². The molecule has 0 amide bonds. The van der Waals surface area contributed by atoms with Crippen molar-refractivity contribution in [1.82, 2.24) is 0 Å². The van der Waals surface area contributed by atoms with Gasteiger partial charge in [0.25, 0.3) is 0 Å². The summed E-state index contributed by atoms with van der Waals surface area (Å²) < 4.78 is 79.1. The molecule has 1 aromatic rings. The average molecular weight is 555 g/mol. The van der Waals surface area contributed by atoms with Crippen LogP contribution in [0.25, 0.3) is 0 Å². The van der Waals surface area contributed by atoms with Crippen molar-refractivity contribution >= 4 is 6.83 Å². The number of hydrogen-bond donors (Lipinski definition) is 0. The molecule has 0 aliphatic carbocycles. The standard InChI is InChI=1S/C30H52F5OP/c1-5-9-13-17-21-37(22-18-14-10-6-2,23-19-15-11-7-3,24-20-16-12-8-4)36-30-28(34)26(32)25(31)27(33)29(30)35/h5-24H2,1-4H3. The topological polar surface area (TPSA) is 9.23 Å². The molecule has 0 aromatic heterocycles.